The van der Waals surface area contributed by atoms with E-state index in [4.69, 9.17) is 5.73 Å². The van der Waals surface area contributed by atoms with E-state index in [-0.39, 0.29) is 18.3 Å². The summed E-state index contributed by atoms with van der Waals surface area (Å²) < 4.78 is 13.3. The fraction of sp³-hybridized carbons (Fsp3) is 0.133. The number of carbonyl (C=O) groups excluding carboxylic acids is 1. The van der Waals surface area contributed by atoms with Crippen LogP contribution in [-0.2, 0) is 6.54 Å². The third-order valence-electron chi connectivity index (χ3n) is 2.91. The number of nitrogens with two attached hydrogens (primary N) is 1. The van der Waals surface area contributed by atoms with Crippen molar-refractivity contribution in [3.63, 3.8) is 0 Å². The molecule has 0 aliphatic carbocycles. The van der Waals surface area contributed by atoms with Gasteiger partial charge in [0.2, 0.25) is 0 Å². The topological polar surface area (TPSA) is 55.1 Å². The van der Waals surface area contributed by atoms with Crippen LogP contribution in [0.4, 0.5) is 10.1 Å². The Morgan fingerprint density at radius 2 is 2.00 bits per heavy atom. The van der Waals surface area contributed by atoms with Gasteiger partial charge < -0.3 is 11.1 Å². The Bertz CT molecular complexity index is 611. The molecule has 0 saturated carbocycles. The molecule has 0 aliphatic rings. The summed E-state index contributed by atoms with van der Waals surface area (Å²) in [5, 5.41) is 2.74. The Labute approximate surface area is 111 Å². The Balaban J connectivity index is 2.22. The molecule has 2 rings (SSSR count). The van der Waals surface area contributed by atoms with Crippen molar-refractivity contribution in [3.8, 4) is 0 Å². The summed E-state index contributed by atoms with van der Waals surface area (Å²) in [6.45, 7) is 1.96. The minimum Gasteiger partial charge on any atom is -0.326 e. The monoisotopic (exact) mass is 258 g/mol. The number of benzene rings is 2. The molecule has 0 fully saturated rings. The molecule has 0 atom stereocenters. The molecular weight excluding hydrogens is 243 g/mol. The van der Waals surface area contributed by atoms with Crippen molar-refractivity contribution >= 4 is 11.6 Å². The van der Waals surface area contributed by atoms with Crippen molar-refractivity contribution in [1.29, 1.82) is 0 Å². The standard InChI is InChI=1S/C15H15FN2O/c1-10-4-2-3-5-13(10)15(19)18-12-6-7-14(16)11(8-12)9-17/h2-8H,9,17H2,1H3,(H,18,19). The van der Waals surface area contributed by atoms with Gasteiger partial charge in [-0.05, 0) is 36.8 Å². The van der Waals surface area contributed by atoms with E-state index in [2.05, 4.69) is 5.32 Å². The quantitative estimate of drug-likeness (QED) is 0.889. The number of hydrogen-bond acceptors (Lipinski definition) is 2. The maximum absolute atomic E-state index is 13.3. The van der Waals surface area contributed by atoms with Gasteiger partial charge in [0.05, 0.1) is 0 Å². The van der Waals surface area contributed by atoms with Gasteiger partial charge in [-0.25, -0.2) is 4.39 Å². The van der Waals surface area contributed by atoms with Crippen LogP contribution in [0.1, 0.15) is 21.5 Å². The van der Waals surface area contributed by atoms with E-state index in [1.54, 1.807) is 18.2 Å². The summed E-state index contributed by atoms with van der Waals surface area (Å²) in [6.07, 6.45) is 0. The molecule has 0 aromatic heterocycles. The molecule has 98 valence electrons. The highest BCUT2D eigenvalue weighted by molar-refractivity contribution is 6.05. The first-order chi connectivity index (χ1) is 9.11. The molecule has 4 heteroatoms. The second-order valence-electron chi connectivity index (χ2n) is 4.28. The highest BCUT2D eigenvalue weighted by Crippen LogP contribution is 2.16. The van der Waals surface area contributed by atoms with Crippen LogP contribution in [0.5, 0.6) is 0 Å². The zero-order valence-corrected chi connectivity index (χ0v) is 10.6. The molecule has 0 spiro atoms. The summed E-state index contributed by atoms with van der Waals surface area (Å²) in [6, 6.07) is 11.7. The average molecular weight is 258 g/mol. The summed E-state index contributed by atoms with van der Waals surface area (Å²) in [5.74, 6) is -0.580. The molecule has 3 N–H and O–H groups in total. The number of halogens is 1. The molecule has 0 heterocycles. The van der Waals surface area contributed by atoms with Crippen LogP contribution in [0.2, 0.25) is 0 Å². The highest BCUT2D eigenvalue weighted by Gasteiger charge is 2.09. The van der Waals surface area contributed by atoms with Gasteiger partial charge in [-0.3, -0.25) is 4.79 Å². The number of anilines is 1. The van der Waals surface area contributed by atoms with E-state index in [0.717, 1.165) is 5.56 Å². The van der Waals surface area contributed by atoms with Crippen molar-refractivity contribution in [2.45, 2.75) is 13.5 Å². The van der Waals surface area contributed by atoms with Crippen molar-refractivity contribution in [2.24, 2.45) is 5.73 Å². The molecule has 3 nitrogen and oxygen atoms in total. The summed E-state index contributed by atoms with van der Waals surface area (Å²) in [7, 11) is 0. The van der Waals surface area contributed by atoms with Gasteiger partial charge in [-0.1, -0.05) is 18.2 Å². The minimum absolute atomic E-state index is 0.0971. The molecule has 0 bridgehead atoms. The van der Waals surface area contributed by atoms with Crippen molar-refractivity contribution in [1.82, 2.24) is 0 Å². The summed E-state index contributed by atoms with van der Waals surface area (Å²) >= 11 is 0. The van der Waals surface area contributed by atoms with Crippen molar-refractivity contribution in [3.05, 3.63) is 65.0 Å². The Morgan fingerprint density at radius 3 is 2.68 bits per heavy atom. The molecule has 0 aliphatic heterocycles. The van der Waals surface area contributed by atoms with Gasteiger partial charge in [-0.2, -0.15) is 0 Å². The first-order valence-electron chi connectivity index (χ1n) is 5.97. The largest absolute Gasteiger partial charge is 0.326 e. The molecular formula is C15H15FN2O. The number of rotatable bonds is 3. The SMILES string of the molecule is Cc1ccccc1C(=O)Nc1ccc(F)c(CN)c1. The van der Waals surface area contributed by atoms with E-state index >= 15 is 0 Å². The van der Waals surface area contributed by atoms with Gasteiger partial charge in [0, 0.05) is 23.4 Å². The van der Waals surface area contributed by atoms with E-state index in [0.29, 0.717) is 16.8 Å². The number of hydrogen-bond donors (Lipinski definition) is 2. The molecule has 0 unspecified atom stereocenters. The predicted molar refractivity (Wildman–Crippen MR) is 73.4 cm³/mol. The van der Waals surface area contributed by atoms with Gasteiger partial charge in [0.25, 0.3) is 5.91 Å². The zero-order chi connectivity index (χ0) is 13.8. The van der Waals surface area contributed by atoms with E-state index in [1.165, 1.54) is 12.1 Å². The van der Waals surface area contributed by atoms with Crippen LogP contribution in [-0.4, -0.2) is 5.91 Å². The molecule has 0 saturated heterocycles. The Kier molecular flexibility index (Phi) is 3.92. The third-order valence-corrected chi connectivity index (χ3v) is 2.91. The average Bonchev–Trinajstić information content (AvgIpc) is 2.41. The normalized spacial score (nSPS) is 10.3. The van der Waals surface area contributed by atoms with Crippen LogP contribution < -0.4 is 11.1 Å². The lowest BCUT2D eigenvalue weighted by Crippen LogP contribution is -2.13. The highest BCUT2D eigenvalue weighted by atomic mass is 19.1. The first-order valence-corrected chi connectivity index (χ1v) is 5.97. The lowest BCUT2D eigenvalue weighted by atomic mass is 10.1. The number of nitrogens with one attached hydrogen (secondary N) is 1. The lowest BCUT2D eigenvalue weighted by molar-refractivity contribution is 0.102. The summed E-state index contributed by atoms with van der Waals surface area (Å²) in [5.41, 5.74) is 7.84. The summed E-state index contributed by atoms with van der Waals surface area (Å²) in [4.78, 5) is 12.1. The van der Waals surface area contributed by atoms with E-state index in [1.807, 2.05) is 19.1 Å². The third kappa shape index (κ3) is 2.98. The zero-order valence-electron chi connectivity index (χ0n) is 10.6. The Hall–Kier alpha value is -2.20. The van der Waals surface area contributed by atoms with Gasteiger partial charge in [-0.15, -0.1) is 0 Å². The van der Waals surface area contributed by atoms with Crippen molar-refractivity contribution in [2.75, 3.05) is 5.32 Å². The van der Waals surface area contributed by atoms with E-state index < -0.39 is 0 Å². The fourth-order valence-corrected chi connectivity index (χ4v) is 1.84. The van der Waals surface area contributed by atoms with Gasteiger partial charge >= 0.3 is 0 Å². The van der Waals surface area contributed by atoms with Crippen LogP contribution in [0.3, 0.4) is 0 Å². The minimum atomic E-state index is -0.364. The lowest BCUT2D eigenvalue weighted by Gasteiger charge is -2.09. The maximum Gasteiger partial charge on any atom is 0.255 e. The number of amides is 1. The fourth-order valence-electron chi connectivity index (χ4n) is 1.84. The van der Waals surface area contributed by atoms with Crippen molar-refractivity contribution < 1.29 is 9.18 Å². The molecule has 0 radical (unpaired) electrons. The molecule has 19 heavy (non-hydrogen) atoms. The van der Waals surface area contributed by atoms with Crippen LogP contribution in [0, 0.1) is 12.7 Å². The van der Waals surface area contributed by atoms with Gasteiger partial charge in [0.1, 0.15) is 5.82 Å². The molecule has 1 amide bonds. The molecule has 2 aromatic carbocycles. The molecule has 2 aromatic rings. The van der Waals surface area contributed by atoms with Gasteiger partial charge in [0.15, 0.2) is 0 Å². The number of aryl methyl sites for hydroxylation is 1. The smallest absolute Gasteiger partial charge is 0.255 e. The predicted octanol–water partition coefficient (Wildman–Crippen LogP) is 2.85. The Morgan fingerprint density at radius 1 is 1.26 bits per heavy atom. The first kappa shape index (κ1) is 13.2. The van der Waals surface area contributed by atoms with Crippen LogP contribution >= 0.6 is 0 Å². The second kappa shape index (κ2) is 5.63. The number of carbonyl (C=O) groups is 1. The van der Waals surface area contributed by atoms with E-state index in [9.17, 15) is 9.18 Å². The second-order valence-corrected chi connectivity index (χ2v) is 4.28. The van der Waals surface area contributed by atoms with Crippen LogP contribution in [0.25, 0.3) is 0 Å². The van der Waals surface area contributed by atoms with Crippen LogP contribution in [0.15, 0.2) is 42.5 Å². The maximum atomic E-state index is 13.3.